The standard InChI is InChI=1S/C22H26N4O3.C17H22N4O2.C17H18N4O.C7H12O3.2CH4.ClH/c1-13-14(2)23-19-11-17(24-26(19)20(13)27)18-10-15-8-6-7-9-16(15)12-25(18)21(28)29-22(3,4)5;1-17(2,3)23-16(22)21-10-12-7-5-4-6-11(12)8-14(21)13-9-15(18)20-19-13;1-10-11(2)19-16-8-15(20-21(16)17(10)22)14-7-12-5-3-4-6-13(12)9-18-14;1-4-10-7(9)5(2)6(3)8;;;/h6-9,11,18,24H,10,12H2,1-5H3;4-7,9,14H,8,10H2,1-3H3,(H3,18,19,20);3-6,8,14,18,20H,7,9H2,1-2H3;5H,4H2,1-3H3;2*1H4;1H/t18-;2*14-;;;;/m000..../s1. The van der Waals surface area contributed by atoms with Gasteiger partial charge in [0.15, 0.2) is 11.3 Å². The van der Waals surface area contributed by atoms with Crippen molar-refractivity contribution in [3.63, 3.8) is 0 Å². The van der Waals surface area contributed by atoms with E-state index in [1.165, 1.54) is 33.7 Å². The predicted octanol–water partition coefficient (Wildman–Crippen LogP) is 11.2. The molecule has 21 nitrogen and oxygen atoms in total. The highest BCUT2D eigenvalue weighted by atomic mass is 35.5. The number of anilines is 1. The molecule has 0 radical (unpaired) electrons. The number of nitrogens with zero attached hydrogens (tertiary/aromatic N) is 7. The molecule has 6 N–H and O–H groups in total. The van der Waals surface area contributed by atoms with Crippen LogP contribution in [0.25, 0.3) is 11.3 Å². The Morgan fingerprint density at radius 2 is 1.05 bits per heavy atom. The number of benzene rings is 3. The molecule has 1 unspecified atom stereocenters. The maximum Gasteiger partial charge on any atom is 0.411 e. The molecule has 4 atom stereocenters. The summed E-state index contributed by atoms with van der Waals surface area (Å²) in [6.07, 6.45) is 1.55. The highest BCUT2D eigenvalue weighted by molar-refractivity contribution is 5.97. The first-order valence-electron chi connectivity index (χ1n) is 28.3. The third-order valence-corrected chi connectivity index (χ3v) is 15.0. The van der Waals surface area contributed by atoms with Gasteiger partial charge in [-0.2, -0.15) is 5.10 Å². The molecular formula is C65H87ClN12O9. The lowest BCUT2D eigenvalue weighted by Gasteiger charge is -2.37. The van der Waals surface area contributed by atoms with Crippen molar-refractivity contribution in [1.82, 2.24) is 54.5 Å². The van der Waals surface area contributed by atoms with Crippen LogP contribution < -0.4 is 22.2 Å². The lowest BCUT2D eigenvalue weighted by atomic mass is 9.92. The smallest absolute Gasteiger partial charge is 0.411 e. The number of carbonyl (C=O) groups is 4. The molecule has 22 heteroatoms. The summed E-state index contributed by atoms with van der Waals surface area (Å²) in [4.78, 5) is 84.4. The SMILES string of the molecule is C.C.CC(C)(C)OC(=O)N1Cc2ccccc2C[C@H]1c1cc(N)n[nH]1.CCOC(=O)C(C)C(C)=O.Cc1nc2cc([C@@H]3Cc4ccccc4CN3)[nH]n2c(=O)c1C.Cc1nc2cc([C@@H]3Cc4ccccc4CN3C(=O)OC(C)(C)C)[nH]n2c(=O)c1C.Cl. The van der Waals surface area contributed by atoms with E-state index < -0.39 is 23.1 Å². The van der Waals surface area contributed by atoms with E-state index in [0.29, 0.717) is 66.5 Å². The molecule has 5 aromatic heterocycles. The van der Waals surface area contributed by atoms with E-state index in [1.807, 2.05) is 111 Å². The number of fused-ring (bicyclic) bond motifs is 5. The number of aromatic amines is 3. The molecule has 0 fully saturated rings. The van der Waals surface area contributed by atoms with E-state index in [1.54, 1.807) is 41.2 Å². The number of hydrogen-bond acceptors (Lipinski definition) is 14. The second-order valence-electron chi connectivity index (χ2n) is 23.5. The van der Waals surface area contributed by atoms with Gasteiger partial charge in [0.25, 0.3) is 11.1 Å². The third-order valence-electron chi connectivity index (χ3n) is 15.0. The number of rotatable bonds is 6. The minimum Gasteiger partial charge on any atom is -0.465 e. The molecule has 8 aromatic rings. The van der Waals surface area contributed by atoms with E-state index in [-0.39, 0.29) is 74.5 Å². The third kappa shape index (κ3) is 16.5. The van der Waals surface area contributed by atoms with Gasteiger partial charge < -0.3 is 25.3 Å². The number of ether oxygens (including phenoxy) is 3. The number of hydrogen-bond donors (Lipinski definition) is 5. The average molecular weight is 1220 g/mol. The molecule has 0 aliphatic carbocycles. The van der Waals surface area contributed by atoms with E-state index in [0.717, 1.165) is 46.9 Å². The predicted molar refractivity (Wildman–Crippen MR) is 340 cm³/mol. The number of amides is 2. The van der Waals surface area contributed by atoms with Crippen molar-refractivity contribution in [1.29, 1.82) is 0 Å². The number of ketones is 1. The van der Waals surface area contributed by atoms with Crippen LogP contribution in [0, 0.1) is 33.6 Å². The van der Waals surface area contributed by atoms with Crippen LogP contribution in [0.4, 0.5) is 15.4 Å². The Morgan fingerprint density at radius 3 is 1.47 bits per heavy atom. The summed E-state index contributed by atoms with van der Waals surface area (Å²) in [6, 6.07) is 30.0. The molecule has 3 aliphatic heterocycles. The number of aromatic nitrogens is 8. The number of esters is 1. The van der Waals surface area contributed by atoms with E-state index >= 15 is 0 Å². The second-order valence-corrected chi connectivity index (χ2v) is 23.5. The molecule has 2 amide bonds. The van der Waals surface area contributed by atoms with Gasteiger partial charge in [0.2, 0.25) is 0 Å². The van der Waals surface area contributed by atoms with Crippen molar-refractivity contribution in [3.8, 4) is 0 Å². The molecular weight excluding hydrogens is 1130 g/mol. The highest BCUT2D eigenvalue weighted by Crippen LogP contribution is 2.36. The number of halogens is 1. The highest BCUT2D eigenvalue weighted by Gasteiger charge is 2.37. The number of nitrogens with one attached hydrogen (secondary N) is 4. The summed E-state index contributed by atoms with van der Waals surface area (Å²) in [5, 5.41) is 16.8. The normalized spacial score (nSPS) is 16.1. The number of nitrogen functional groups attached to an aromatic ring is 1. The van der Waals surface area contributed by atoms with Crippen molar-refractivity contribution in [2.75, 3.05) is 12.3 Å². The summed E-state index contributed by atoms with van der Waals surface area (Å²) >= 11 is 0. The van der Waals surface area contributed by atoms with Crippen LogP contribution >= 0.6 is 12.4 Å². The summed E-state index contributed by atoms with van der Waals surface area (Å²) < 4.78 is 18.8. The second kappa shape index (κ2) is 28.8. The van der Waals surface area contributed by atoms with Crippen molar-refractivity contribution >= 4 is 53.5 Å². The molecule has 3 aromatic carbocycles. The Morgan fingerprint density at radius 1 is 0.632 bits per heavy atom. The number of nitrogens with two attached hydrogens (primary N) is 1. The Balaban J connectivity index is 0.000000219. The van der Waals surface area contributed by atoms with Gasteiger partial charge in [-0.05, 0) is 143 Å². The average Bonchev–Trinajstić information content (AvgIpc) is 2.11. The maximum atomic E-state index is 13.0. The van der Waals surface area contributed by atoms with Crippen LogP contribution in [0.2, 0.25) is 0 Å². The quantitative estimate of drug-likeness (QED) is 0.0589. The topological polar surface area (TPSA) is 270 Å². The largest absolute Gasteiger partial charge is 0.465 e. The van der Waals surface area contributed by atoms with Gasteiger partial charge in [0, 0.05) is 60.3 Å². The van der Waals surface area contributed by atoms with E-state index in [9.17, 15) is 28.8 Å². The zero-order chi connectivity index (χ0) is 60.9. The fourth-order valence-corrected chi connectivity index (χ4v) is 10.1. The zero-order valence-electron chi connectivity index (χ0n) is 50.7. The van der Waals surface area contributed by atoms with Gasteiger partial charge in [-0.15, -0.1) is 12.4 Å². The Hall–Kier alpha value is -8.56. The summed E-state index contributed by atoms with van der Waals surface area (Å²) in [6.45, 7) is 25.2. The summed E-state index contributed by atoms with van der Waals surface area (Å²) in [5.41, 5.74) is 18.4. The zero-order valence-corrected chi connectivity index (χ0v) is 51.5. The van der Waals surface area contributed by atoms with Gasteiger partial charge in [-0.1, -0.05) is 87.6 Å². The van der Waals surface area contributed by atoms with Crippen molar-refractivity contribution < 1.29 is 33.4 Å². The van der Waals surface area contributed by atoms with Gasteiger partial charge in [-0.3, -0.25) is 44.3 Å². The minimum atomic E-state index is -0.611. The monoisotopic (exact) mass is 1210 g/mol. The lowest BCUT2D eigenvalue weighted by molar-refractivity contribution is -0.150. The van der Waals surface area contributed by atoms with E-state index in [4.69, 9.17) is 15.2 Å². The molecule has 8 heterocycles. The number of Topliss-reactive ketones (excluding diaryl/α,β-unsaturated/α-hetero) is 1. The summed E-state index contributed by atoms with van der Waals surface area (Å²) in [7, 11) is 0. The van der Waals surface area contributed by atoms with E-state index in [2.05, 4.69) is 76.8 Å². The van der Waals surface area contributed by atoms with Crippen molar-refractivity contribution in [2.45, 2.75) is 173 Å². The molecule has 0 spiro atoms. The minimum absolute atomic E-state index is 0. The fraction of sp³-hybridized carbons (Fsp3) is 0.431. The molecule has 3 aliphatic rings. The van der Waals surface area contributed by atoms with Gasteiger partial charge in [-0.25, -0.2) is 28.6 Å². The van der Waals surface area contributed by atoms with Crippen molar-refractivity contribution in [3.05, 3.63) is 185 Å². The summed E-state index contributed by atoms with van der Waals surface area (Å²) in [5.74, 6) is -0.781. The van der Waals surface area contributed by atoms with Gasteiger partial charge >= 0.3 is 18.2 Å². The van der Waals surface area contributed by atoms with Crippen LogP contribution in [-0.2, 0) is 62.7 Å². The van der Waals surface area contributed by atoms with Crippen LogP contribution in [0.3, 0.4) is 0 Å². The number of H-pyrrole nitrogens is 3. The van der Waals surface area contributed by atoms with Crippen LogP contribution in [0.1, 0.15) is 168 Å². The fourth-order valence-electron chi connectivity index (χ4n) is 10.1. The molecule has 0 saturated carbocycles. The number of aryl methyl sites for hydroxylation is 2. The molecule has 0 bridgehead atoms. The van der Waals surface area contributed by atoms with Gasteiger partial charge in [0.05, 0.1) is 41.8 Å². The Labute approximate surface area is 515 Å². The first-order valence-corrected chi connectivity index (χ1v) is 28.3. The molecule has 468 valence electrons. The maximum absolute atomic E-state index is 13.0. The molecule has 87 heavy (non-hydrogen) atoms. The molecule has 0 saturated heterocycles. The van der Waals surface area contributed by atoms with Crippen LogP contribution in [-0.4, -0.2) is 90.9 Å². The Bertz CT molecular complexity index is 3850. The van der Waals surface area contributed by atoms with Crippen LogP contribution in [0.15, 0.2) is 101 Å². The van der Waals surface area contributed by atoms with Crippen molar-refractivity contribution in [2.24, 2.45) is 5.92 Å². The first kappa shape index (κ1) is 69.2. The number of carbonyl (C=O) groups excluding carboxylic acids is 4. The lowest BCUT2D eigenvalue weighted by Crippen LogP contribution is -2.42. The Kier molecular flexibility index (Phi) is 22.9. The van der Waals surface area contributed by atoms with Gasteiger partial charge in [0.1, 0.15) is 28.7 Å². The first-order chi connectivity index (χ1) is 39.7. The molecule has 11 rings (SSSR count). The van der Waals surface area contributed by atoms with Crippen LogP contribution in [0.5, 0.6) is 0 Å².